The number of carbonyl (C=O) groups excluding carboxylic acids is 3. The molecular weight excluding hydrogens is 759 g/mol. The van der Waals surface area contributed by atoms with Crippen molar-refractivity contribution in [1.82, 2.24) is 5.32 Å². The van der Waals surface area contributed by atoms with E-state index in [0.717, 1.165) is 28.5 Å². The van der Waals surface area contributed by atoms with E-state index in [9.17, 15) is 14.4 Å². The first-order valence-corrected chi connectivity index (χ1v) is 13.6. The van der Waals surface area contributed by atoms with E-state index in [1.807, 2.05) is 31.2 Å². The minimum absolute atomic E-state index is 0.142. The van der Waals surface area contributed by atoms with Gasteiger partial charge < -0.3 is 4.74 Å². The second-order valence-corrected chi connectivity index (χ2v) is 11.4. The van der Waals surface area contributed by atoms with Gasteiger partial charge in [0.2, 0.25) is 0 Å². The second kappa shape index (κ2) is 10.9. The number of nitrogens with one attached hydrogen (secondary N) is 1. The third-order valence-electron chi connectivity index (χ3n) is 5.13. The fourth-order valence-electron chi connectivity index (χ4n) is 3.36. The molecule has 0 atom stereocenters. The van der Waals surface area contributed by atoms with Crippen molar-refractivity contribution in [2.75, 3.05) is 4.90 Å². The van der Waals surface area contributed by atoms with E-state index < -0.39 is 17.8 Å². The van der Waals surface area contributed by atoms with E-state index in [0.29, 0.717) is 28.1 Å². The van der Waals surface area contributed by atoms with Crippen LogP contribution in [-0.2, 0) is 16.2 Å². The molecule has 10 heteroatoms. The van der Waals surface area contributed by atoms with Gasteiger partial charge >= 0.3 is 6.03 Å². The molecule has 0 saturated carbocycles. The van der Waals surface area contributed by atoms with Gasteiger partial charge in [0, 0.05) is 8.95 Å². The minimum atomic E-state index is -0.786. The van der Waals surface area contributed by atoms with Gasteiger partial charge in [0.25, 0.3) is 11.8 Å². The molecule has 35 heavy (non-hydrogen) atoms. The topological polar surface area (TPSA) is 75.7 Å². The van der Waals surface area contributed by atoms with Crippen molar-refractivity contribution in [3.05, 3.63) is 93.8 Å². The van der Waals surface area contributed by atoms with Crippen LogP contribution in [0.1, 0.15) is 16.7 Å². The molecular formula is C25H16Br3IN2O4. The van der Waals surface area contributed by atoms with Crippen LogP contribution in [0.4, 0.5) is 10.5 Å². The van der Waals surface area contributed by atoms with Crippen LogP contribution >= 0.6 is 70.4 Å². The van der Waals surface area contributed by atoms with E-state index in [1.54, 1.807) is 30.3 Å². The first kappa shape index (κ1) is 26.1. The third kappa shape index (κ3) is 5.87. The number of urea groups is 1. The zero-order valence-corrected chi connectivity index (χ0v) is 25.0. The fourth-order valence-corrected chi connectivity index (χ4v) is 5.64. The van der Waals surface area contributed by atoms with Gasteiger partial charge in [-0.1, -0.05) is 44.0 Å². The van der Waals surface area contributed by atoms with Crippen LogP contribution in [0.5, 0.6) is 5.75 Å². The standard InChI is InChI=1S/C25H16Br3IN2O4/c1-13-8-17(6-7-19(13)27)31-24(33)18(23(32)30-25(31)34)9-15-10-20(28)22(21(29)11-15)35-12-14-2-4-16(26)5-3-14/h2-11H,12H2,1H3,(H,30,32,34)/b18-9+. The third-order valence-corrected chi connectivity index (χ3v) is 7.94. The van der Waals surface area contributed by atoms with E-state index in [2.05, 4.69) is 75.7 Å². The zero-order chi connectivity index (χ0) is 25.3. The molecule has 1 aliphatic rings. The molecule has 0 radical (unpaired) electrons. The molecule has 178 valence electrons. The predicted octanol–water partition coefficient (Wildman–Crippen LogP) is 7.13. The van der Waals surface area contributed by atoms with E-state index in [-0.39, 0.29) is 5.57 Å². The van der Waals surface area contributed by atoms with Crippen LogP contribution in [0.25, 0.3) is 6.08 Å². The lowest BCUT2D eigenvalue weighted by atomic mass is 10.1. The largest absolute Gasteiger partial charge is 0.487 e. The number of benzene rings is 3. The first-order valence-electron chi connectivity index (χ1n) is 10.2. The summed E-state index contributed by atoms with van der Waals surface area (Å²) in [4.78, 5) is 39.2. The summed E-state index contributed by atoms with van der Waals surface area (Å²) in [6.07, 6.45) is 1.47. The Morgan fingerprint density at radius 2 is 1.69 bits per heavy atom. The summed E-state index contributed by atoms with van der Waals surface area (Å²) < 4.78 is 9.30. The second-order valence-electron chi connectivity index (χ2n) is 7.62. The van der Waals surface area contributed by atoms with Crippen LogP contribution in [-0.4, -0.2) is 17.8 Å². The molecule has 3 aromatic rings. The quantitative estimate of drug-likeness (QED) is 0.170. The summed E-state index contributed by atoms with van der Waals surface area (Å²) in [6, 6.07) is 15.7. The van der Waals surface area contributed by atoms with Crippen LogP contribution in [0.2, 0.25) is 0 Å². The van der Waals surface area contributed by atoms with Crippen LogP contribution in [0.15, 0.2) is 73.6 Å². The molecule has 0 spiro atoms. The number of nitrogens with zero attached hydrogens (tertiary/aromatic N) is 1. The highest BCUT2D eigenvalue weighted by atomic mass is 127. The highest BCUT2D eigenvalue weighted by molar-refractivity contribution is 14.1. The monoisotopic (exact) mass is 772 g/mol. The Kier molecular flexibility index (Phi) is 8.14. The summed E-state index contributed by atoms with van der Waals surface area (Å²) in [7, 11) is 0. The van der Waals surface area contributed by atoms with Crippen molar-refractivity contribution >= 4 is 100.0 Å². The number of ether oxygens (including phenoxy) is 1. The molecule has 0 unspecified atom stereocenters. The Morgan fingerprint density at radius 1 is 0.971 bits per heavy atom. The highest BCUT2D eigenvalue weighted by Crippen LogP contribution is 2.34. The van der Waals surface area contributed by atoms with E-state index in [1.165, 1.54) is 6.08 Å². The number of halogens is 4. The average Bonchev–Trinajstić information content (AvgIpc) is 2.79. The molecule has 4 amide bonds. The SMILES string of the molecule is Cc1cc(N2C(=O)NC(=O)/C(=C\c3cc(Br)c(OCc4ccc(Br)cc4)c(I)c3)C2=O)ccc1Br. The molecule has 3 aromatic carbocycles. The minimum Gasteiger partial charge on any atom is -0.487 e. The number of amides is 4. The van der Waals surface area contributed by atoms with Gasteiger partial charge in [-0.15, -0.1) is 0 Å². The van der Waals surface area contributed by atoms with Gasteiger partial charge in [0.1, 0.15) is 17.9 Å². The van der Waals surface area contributed by atoms with Crippen molar-refractivity contribution in [3.63, 3.8) is 0 Å². The average molecular weight is 775 g/mol. The number of rotatable bonds is 5. The molecule has 0 aromatic heterocycles. The molecule has 1 fully saturated rings. The number of imide groups is 2. The Hall–Kier alpha value is -2.02. The lowest BCUT2D eigenvalue weighted by Crippen LogP contribution is -2.54. The Labute approximate surface area is 240 Å². The molecule has 6 nitrogen and oxygen atoms in total. The molecule has 0 bridgehead atoms. The number of aryl methyl sites for hydroxylation is 1. The van der Waals surface area contributed by atoms with Crippen LogP contribution in [0, 0.1) is 10.5 Å². The van der Waals surface area contributed by atoms with Gasteiger partial charge in [-0.3, -0.25) is 14.9 Å². The maximum absolute atomic E-state index is 13.2. The number of barbiturate groups is 1. The summed E-state index contributed by atoms with van der Waals surface area (Å²) in [5.41, 5.74) is 2.70. The molecule has 1 N–H and O–H groups in total. The lowest BCUT2D eigenvalue weighted by molar-refractivity contribution is -0.122. The smallest absolute Gasteiger partial charge is 0.335 e. The fraction of sp³-hybridized carbons (Fsp3) is 0.0800. The number of hydrogen-bond donors (Lipinski definition) is 1. The Bertz CT molecular complexity index is 1370. The summed E-state index contributed by atoms with van der Waals surface area (Å²) in [5, 5.41) is 2.25. The van der Waals surface area contributed by atoms with Crippen LogP contribution < -0.4 is 15.0 Å². The summed E-state index contributed by atoms with van der Waals surface area (Å²) in [6.45, 7) is 2.23. The molecule has 0 aliphatic carbocycles. The van der Waals surface area contributed by atoms with Crippen LogP contribution in [0.3, 0.4) is 0 Å². The van der Waals surface area contributed by atoms with Gasteiger partial charge in [0.05, 0.1) is 13.7 Å². The maximum Gasteiger partial charge on any atom is 0.335 e. The van der Waals surface area contributed by atoms with Crippen molar-refractivity contribution in [3.8, 4) is 5.75 Å². The zero-order valence-electron chi connectivity index (χ0n) is 18.1. The summed E-state index contributed by atoms with van der Waals surface area (Å²) >= 11 is 12.5. The number of anilines is 1. The van der Waals surface area contributed by atoms with Crippen molar-refractivity contribution < 1.29 is 19.1 Å². The number of carbonyl (C=O) groups is 3. The van der Waals surface area contributed by atoms with Gasteiger partial charge in [0.15, 0.2) is 0 Å². The molecule has 1 saturated heterocycles. The molecule has 1 heterocycles. The predicted molar refractivity (Wildman–Crippen MR) is 153 cm³/mol. The van der Waals surface area contributed by atoms with Gasteiger partial charge in [-0.2, -0.15) is 0 Å². The Balaban J connectivity index is 1.61. The molecule has 4 rings (SSSR count). The molecule has 1 aliphatic heterocycles. The van der Waals surface area contributed by atoms with Crippen molar-refractivity contribution in [1.29, 1.82) is 0 Å². The van der Waals surface area contributed by atoms with E-state index >= 15 is 0 Å². The first-order chi connectivity index (χ1) is 16.6. The van der Waals surface area contributed by atoms with E-state index in [4.69, 9.17) is 4.74 Å². The summed E-state index contributed by atoms with van der Waals surface area (Å²) in [5.74, 6) is -0.786. The normalized spacial score (nSPS) is 14.9. The lowest BCUT2D eigenvalue weighted by Gasteiger charge is -2.26. The van der Waals surface area contributed by atoms with Crippen molar-refractivity contribution in [2.45, 2.75) is 13.5 Å². The number of hydrogen-bond acceptors (Lipinski definition) is 4. The van der Waals surface area contributed by atoms with Gasteiger partial charge in [-0.25, -0.2) is 9.69 Å². The Morgan fingerprint density at radius 3 is 2.34 bits per heavy atom. The maximum atomic E-state index is 13.2. The van der Waals surface area contributed by atoms with Gasteiger partial charge in [-0.05, 0) is 111 Å². The van der Waals surface area contributed by atoms with Crippen molar-refractivity contribution in [2.24, 2.45) is 0 Å². The highest BCUT2D eigenvalue weighted by Gasteiger charge is 2.37.